The standard InChI is InChI=1S/C28H35N7O2/c1-20(2)27(37)35-17-15-34(16-18-35)24-11-9-23(10-12-24)31-28-29-14-13-25(32-28)21-5-7-22(8-6-21)30-26(36)19-33(3)4/h5-14,20H,15-19H2,1-4H3,(H,30,36)(H,29,31,32). The summed E-state index contributed by atoms with van der Waals surface area (Å²) in [6.07, 6.45) is 1.73. The first-order chi connectivity index (χ1) is 17.8. The summed E-state index contributed by atoms with van der Waals surface area (Å²) in [7, 11) is 3.72. The van der Waals surface area contributed by atoms with Gasteiger partial charge in [0.2, 0.25) is 17.8 Å². The predicted octanol–water partition coefficient (Wildman–Crippen LogP) is 3.69. The molecule has 0 aliphatic carbocycles. The van der Waals surface area contributed by atoms with E-state index < -0.39 is 0 Å². The van der Waals surface area contributed by atoms with Crippen LogP contribution in [0.3, 0.4) is 0 Å². The summed E-state index contributed by atoms with van der Waals surface area (Å²) in [6, 6.07) is 17.7. The van der Waals surface area contributed by atoms with Gasteiger partial charge < -0.3 is 25.3 Å². The van der Waals surface area contributed by atoms with Crippen LogP contribution in [0.2, 0.25) is 0 Å². The topological polar surface area (TPSA) is 93.7 Å². The number of hydrogen-bond acceptors (Lipinski definition) is 7. The average Bonchev–Trinajstić information content (AvgIpc) is 2.89. The molecule has 0 atom stereocenters. The van der Waals surface area contributed by atoms with Gasteiger partial charge in [0.1, 0.15) is 0 Å². The van der Waals surface area contributed by atoms with Gasteiger partial charge in [0.25, 0.3) is 0 Å². The minimum atomic E-state index is -0.0548. The van der Waals surface area contributed by atoms with Gasteiger partial charge in [-0.3, -0.25) is 9.59 Å². The van der Waals surface area contributed by atoms with Crippen LogP contribution in [0.4, 0.5) is 23.0 Å². The van der Waals surface area contributed by atoms with Crippen molar-refractivity contribution < 1.29 is 9.59 Å². The molecule has 2 aromatic carbocycles. The second-order valence-electron chi connectivity index (χ2n) is 9.77. The molecule has 1 aliphatic heterocycles. The van der Waals surface area contributed by atoms with E-state index in [1.807, 2.05) is 80.2 Å². The van der Waals surface area contributed by atoms with Crippen LogP contribution < -0.4 is 15.5 Å². The smallest absolute Gasteiger partial charge is 0.238 e. The summed E-state index contributed by atoms with van der Waals surface area (Å²) in [4.78, 5) is 39.3. The SMILES string of the molecule is CC(C)C(=O)N1CCN(c2ccc(Nc3nccc(-c4ccc(NC(=O)CN(C)C)cc4)n3)cc2)CC1. The van der Waals surface area contributed by atoms with E-state index in [0.29, 0.717) is 12.5 Å². The minimum Gasteiger partial charge on any atom is -0.368 e. The average molecular weight is 502 g/mol. The third-order valence-corrected chi connectivity index (χ3v) is 6.15. The van der Waals surface area contributed by atoms with Crippen molar-refractivity contribution in [2.24, 2.45) is 5.92 Å². The zero-order valence-electron chi connectivity index (χ0n) is 21.9. The number of benzene rings is 2. The van der Waals surface area contributed by atoms with Gasteiger partial charge >= 0.3 is 0 Å². The number of nitrogens with zero attached hydrogens (tertiary/aromatic N) is 5. The molecule has 0 bridgehead atoms. The minimum absolute atomic E-state index is 0.0396. The molecule has 2 heterocycles. The van der Waals surface area contributed by atoms with E-state index in [2.05, 4.69) is 37.6 Å². The van der Waals surface area contributed by atoms with Gasteiger partial charge in [-0.05, 0) is 56.6 Å². The molecule has 0 saturated carbocycles. The van der Waals surface area contributed by atoms with E-state index in [4.69, 9.17) is 0 Å². The quantitative estimate of drug-likeness (QED) is 0.486. The molecular formula is C28H35N7O2. The summed E-state index contributed by atoms with van der Waals surface area (Å²) in [6.45, 7) is 7.39. The van der Waals surface area contributed by atoms with Gasteiger partial charge in [-0.15, -0.1) is 0 Å². The van der Waals surface area contributed by atoms with Crippen molar-refractivity contribution in [2.75, 3.05) is 62.4 Å². The Labute approximate surface area is 218 Å². The van der Waals surface area contributed by atoms with Crippen LogP contribution in [0.15, 0.2) is 60.8 Å². The number of amides is 2. The van der Waals surface area contributed by atoms with Crippen molar-refractivity contribution in [1.29, 1.82) is 0 Å². The molecule has 0 radical (unpaired) electrons. The number of piperazine rings is 1. The molecule has 9 heteroatoms. The van der Waals surface area contributed by atoms with E-state index in [0.717, 1.165) is 54.5 Å². The Kier molecular flexibility index (Phi) is 8.35. The lowest BCUT2D eigenvalue weighted by Crippen LogP contribution is -2.49. The van der Waals surface area contributed by atoms with E-state index in [-0.39, 0.29) is 17.7 Å². The Morgan fingerprint density at radius 3 is 2.19 bits per heavy atom. The molecule has 3 aromatic rings. The summed E-state index contributed by atoms with van der Waals surface area (Å²) in [5.74, 6) is 0.720. The molecule has 4 rings (SSSR count). The van der Waals surface area contributed by atoms with Crippen LogP contribution in [-0.2, 0) is 9.59 Å². The zero-order valence-corrected chi connectivity index (χ0v) is 21.9. The zero-order chi connectivity index (χ0) is 26.4. The highest BCUT2D eigenvalue weighted by Crippen LogP contribution is 2.24. The second kappa shape index (κ2) is 11.8. The maximum atomic E-state index is 12.2. The first-order valence-corrected chi connectivity index (χ1v) is 12.6. The van der Waals surface area contributed by atoms with Crippen molar-refractivity contribution in [1.82, 2.24) is 19.8 Å². The molecule has 1 saturated heterocycles. The normalized spacial score (nSPS) is 13.7. The Balaban J connectivity index is 1.35. The monoisotopic (exact) mass is 501 g/mol. The van der Waals surface area contributed by atoms with Crippen LogP contribution in [-0.4, -0.2) is 78.4 Å². The Morgan fingerprint density at radius 2 is 1.57 bits per heavy atom. The Hall–Kier alpha value is -3.98. The fourth-order valence-electron chi connectivity index (χ4n) is 4.23. The van der Waals surface area contributed by atoms with Crippen molar-refractivity contribution in [3.05, 3.63) is 60.8 Å². The fourth-order valence-corrected chi connectivity index (χ4v) is 4.23. The van der Waals surface area contributed by atoms with Crippen LogP contribution in [0.25, 0.3) is 11.3 Å². The molecule has 1 aliphatic rings. The van der Waals surface area contributed by atoms with Gasteiger partial charge in [-0.2, -0.15) is 0 Å². The summed E-state index contributed by atoms with van der Waals surface area (Å²) >= 11 is 0. The third-order valence-electron chi connectivity index (χ3n) is 6.15. The highest BCUT2D eigenvalue weighted by Gasteiger charge is 2.22. The number of aromatic nitrogens is 2. The van der Waals surface area contributed by atoms with E-state index in [1.165, 1.54) is 0 Å². The van der Waals surface area contributed by atoms with E-state index in [9.17, 15) is 9.59 Å². The van der Waals surface area contributed by atoms with Crippen LogP contribution in [0.1, 0.15) is 13.8 Å². The van der Waals surface area contributed by atoms with E-state index in [1.54, 1.807) is 6.20 Å². The lowest BCUT2D eigenvalue weighted by Gasteiger charge is -2.37. The second-order valence-corrected chi connectivity index (χ2v) is 9.77. The molecule has 0 unspecified atom stereocenters. The molecule has 37 heavy (non-hydrogen) atoms. The number of likely N-dealkylation sites (N-methyl/N-ethyl adjacent to an activating group) is 1. The van der Waals surface area contributed by atoms with Crippen molar-refractivity contribution >= 4 is 34.8 Å². The molecule has 2 N–H and O–H groups in total. The maximum Gasteiger partial charge on any atom is 0.238 e. The molecule has 194 valence electrons. The lowest BCUT2D eigenvalue weighted by atomic mass is 10.1. The third kappa shape index (κ3) is 7.04. The molecule has 1 aromatic heterocycles. The molecule has 1 fully saturated rings. The van der Waals surface area contributed by atoms with Crippen molar-refractivity contribution in [3.8, 4) is 11.3 Å². The lowest BCUT2D eigenvalue weighted by molar-refractivity contribution is -0.134. The number of rotatable bonds is 8. The number of carbonyl (C=O) groups is 2. The number of hydrogen-bond donors (Lipinski definition) is 2. The highest BCUT2D eigenvalue weighted by molar-refractivity contribution is 5.92. The first kappa shape index (κ1) is 26.1. The maximum absolute atomic E-state index is 12.2. The summed E-state index contributed by atoms with van der Waals surface area (Å²) < 4.78 is 0. The van der Waals surface area contributed by atoms with E-state index >= 15 is 0 Å². The van der Waals surface area contributed by atoms with Crippen LogP contribution in [0.5, 0.6) is 0 Å². The summed E-state index contributed by atoms with van der Waals surface area (Å²) in [5.41, 5.74) is 4.50. The predicted molar refractivity (Wildman–Crippen MR) is 148 cm³/mol. The Bertz CT molecular complexity index is 1200. The molecular weight excluding hydrogens is 466 g/mol. The van der Waals surface area contributed by atoms with Crippen LogP contribution >= 0.6 is 0 Å². The van der Waals surface area contributed by atoms with Gasteiger partial charge in [-0.1, -0.05) is 26.0 Å². The van der Waals surface area contributed by atoms with Crippen molar-refractivity contribution in [2.45, 2.75) is 13.8 Å². The first-order valence-electron chi connectivity index (χ1n) is 12.6. The number of nitrogens with one attached hydrogen (secondary N) is 2. The van der Waals surface area contributed by atoms with Gasteiger partial charge in [0.05, 0.1) is 12.2 Å². The van der Waals surface area contributed by atoms with Crippen molar-refractivity contribution in [3.63, 3.8) is 0 Å². The highest BCUT2D eigenvalue weighted by atomic mass is 16.2. The Morgan fingerprint density at radius 1 is 0.919 bits per heavy atom. The summed E-state index contributed by atoms with van der Waals surface area (Å²) in [5, 5.41) is 6.17. The number of carbonyl (C=O) groups excluding carboxylic acids is 2. The van der Waals surface area contributed by atoms with Gasteiger partial charge in [0, 0.05) is 60.9 Å². The molecule has 2 amide bonds. The fraction of sp³-hybridized carbons (Fsp3) is 0.357. The van der Waals surface area contributed by atoms with Gasteiger partial charge in [-0.25, -0.2) is 9.97 Å². The largest absolute Gasteiger partial charge is 0.368 e. The van der Waals surface area contributed by atoms with Gasteiger partial charge in [0.15, 0.2) is 0 Å². The van der Waals surface area contributed by atoms with Crippen LogP contribution in [0, 0.1) is 5.92 Å². The molecule has 9 nitrogen and oxygen atoms in total. The molecule has 0 spiro atoms. The number of anilines is 4.